The standard InChI is InChI=1S/C15H23N3O2/c1-5-18(12-8-6-7-9-12)15(20)14(19)13-10(2)16-17(4)11(13)3/h12H,5-9H2,1-4H3. The summed E-state index contributed by atoms with van der Waals surface area (Å²) < 4.78 is 1.65. The van der Waals surface area contributed by atoms with E-state index in [2.05, 4.69) is 5.10 Å². The lowest BCUT2D eigenvalue weighted by Gasteiger charge is -2.26. The van der Waals surface area contributed by atoms with Gasteiger partial charge in [0.25, 0.3) is 11.7 Å². The van der Waals surface area contributed by atoms with Crippen molar-refractivity contribution >= 4 is 11.7 Å². The minimum atomic E-state index is -0.415. The maximum Gasteiger partial charge on any atom is 0.295 e. The van der Waals surface area contributed by atoms with E-state index in [0.29, 0.717) is 17.8 Å². The molecule has 1 aromatic rings. The Bertz CT molecular complexity index is 527. The van der Waals surface area contributed by atoms with Gasteiger partial charge in [0.15, 0.2) is 0 Å². The molecule has 0 bridgehead atoms. The average Bonchev–Trinajstić information content (AvgIpc) is 3.00. The lowest BCUT2D eigenvalue weighted by molar-refractivity contribution is -0.128. The number of carbonyl (C=O) groups excluding carboxylic acids is 2. The van der Waals surface area contributed by atoms with Gasteiger partial charge in [-0.25, -0.2) is 0 Å². The van der Waals surface area contributed by atoms with E-state index in [-0.39, 0.29) is 11.9 Å². The van der Waals surface area contributed by atoms with E-state index < -0.39 is 5.78 Å². The van der Waals surface area contributed by atoms with E-state index in [4.69, 9.17) is 0 Å². The lowest BCUT2D eigenvalue weighted by atomic mass is 10.1. The maximum absolute atomic E-state index is 12.5. The predicted octanol–water partition coefficient (Wildman–Crippen LogP) is 2.01. The Balaban J connectivity index is 2.25. The first-order valence-corrected chi connectivity index (χ1v) is 7.32. The number of carbonyl (C=O) groups is 2. The van der Waals surface area contributed by atoms with E-state index in [1.54, 1.807) is 23.6 Å². The Morgan fingerprint density at radius 1 is 1.30 bits per heavy atom. The molecular weight excluding hydrogens is 254 g/mol. The molecule has 20 heavy (non-hydrogen) atoms. The van der Waals surface area contributed by atoms with E-state index in [9.17, 15) is 9.59 Å². The van der Waals surface area contributed by atoms with Crippen molar-refractivity contribution in [3.8, 4) is 0 Å². The quantitative estimate of drug-likeness (QED) is 0.625. The topological polar surface area (TPSA) is 55.2 Å². The highest BCUT2D eigenvalue weighted by molar-refractivity contribution is 6.43. The second kappa shape index (κ2) is 5.77. The number of likely N-dealkylation sites (N-methyl/N-ethyl adjacent to an activating group) is 1. The molecule has 1 saturated carbocycles. The van der Waals surface area contributed by atoms with Crippen molar-refractivity contribution in [2.45, 2.75) is 52.5 Å². The number of ketones is 1. The van der Waals surface area contributed by atoms with Gasteiger partial charge < -0.3 is 4.90 Å². The van der Waals surface area contributed by atoms with Gasteiger partial charge in [-0.2, -0.15) is 5.10 Å². The Morgan fingerprint density at radius 3 is 2.35 bits per heavy atom. The first-order chi connectivity index (χ1) is 9.47. The largest absolute Gasteiger partial charge is 0.333 e. The molecule has 0 saturated heterocycles. The maximum atomic E-state index is 12.5. The third-order valence-electron chi connectivity index (χ3n) is 4.30. The highest BCUT2D eigenvalue weighted by atomic mass is 16.2. The normalized spacial score (nSPS) is 15.6. The van der Waals surface area contributed by atoms with Crippen molar-refractivity contribution in [2.75, 3.05) is 6.54 Å². The van der Waals surface area contributed by atoms with Crippen molar-refractivity contribution in [1.82, 2.24) is 14.7 Å². The molecule has 1 aliphatic carbocycles. The number of rotatable bonds is 4. The molecule has 1 amide bonds. The van der Waals surface area contributed by atoms with Gasteiger partial charge in [0.05, 0.1) is 11.3 Å². The van der Waals surface area contributed by atoms with Gasteiger partial charge in [-0.05, 0) is 33.6 Å². The Hall–Kier alpha value is -1.65. The summed E-state index contributed by atoms with van der Waals surface area (Å²) in [7, 11) is 1.79. The number of aromatic nitrogens is 2. The summed E-state index contributed by atoms with van der Waals surface area (Å²) in [6, 6.07) is 0.230. The molecule has 0 spiro atoms. The molecule has 1 aliphatic rings. The fourth-order valence-electron chi connectivity index (χ4n) is 3.12. The molecular formula is C15H23N3O2. The molecule has 0 unspecified atom stereocenters. The monoisotopic (exact) mass is 277 g/mol. The van der Waals surface area contributed by atoms with E-state index in [1.807, 2.05) is 13.8 Å². The first-order valence-electron chi connectivity index (χ1n) is 7.32. The minimum Gasteiger partial charge on any atom is -0.333 e. The van der Waals surface area contributed by atoms with Crippen LogP contribution in [0.4, 0.5) is 0 Å². The summed E-state index contributed by atoms with van der Waals surface area (Å²) in [6.45, 7) is 6.13. The fraction of sp³-hybridized carbons (Fsp3) is 0.667. The van der Waals surface area contributed by atoms with Gasteiger partial charge in [0.1, 0.15) is 0 Å². The van der Waals surface area contributed by atoms with Crippen molar-refractivity contribution in [2.24, 2.45) is 7.05 Å². The fourth-order valence-corrected chi connectivity index (χ4v) is 3.12. The van der Waals surface area contributed by atoms with Crippen LogP contribution < -0.4 is 0 Å². The summed E-state index contributed by atoms with van der Waals surface area (Å²) in [5.74, 6) is -0.791. The Kier molecular flexibility index (Phi) is 4.26. The highest BCUT2D eigenvalue weighted by Crippen LogP contribution is 2.24. The van der Waals surface area contributed by atoms with Gasteiger partial charge >= 0.3 is 0 Å². The zero-order chi connectivity index (χ0) is 14.9. The molecule has 1 aromatic heterocycles. The third kappa shape index (κ3) is 2.49. The van der Waals surface area contributed by atoms with Gasteiger partial charge in [0, 0.05) is 25.3 Å². The van der Waals surface area contributed by atoms with Gasteiger partial charge in [-0.15, -0.1) is 0 Å². The molecule has 0 atom stereocenters. The summed E-state index contributed by atoms with van der Waals surface area (Å²) in [5.41, 5.74) is 1.85. The number of Topliss-reactive ketones (excluding diaryl/α,β-unsaturated/α-hetero) is 1. The van der Waals surface area contributed by atoms with Crippen LogP contribution in [-0.4, -0.2) is 39.0 Å². The highest BCUT2D eigenvalue weighted by Gasteiger charge is 2.32. The van der Waals surface area contributed by atoms with Crippen LogP contribution in [0.25, 0.3) is 0 Å². The molecule has 0 N–H and O–H groups in total. The average molecular weight is 277 g/mol. The number of nitrogens with zero attached hydrogens (tertiary/aromatic N) is 3. The van der Waals surface area contributed by atoms with Crippen molar-refractivity contribution in [3.05, 3.63) is 17.0 Å². The van der Waals surface area contributed by atoms with Gasteiger partial charge in [-0.1, -0.05) is 12.8 Å². The summed E-state index contributed by atoms with van der Waals surface area (Å²) in [4.78, 5) is 26.8. The molecule has 0 radical (unpaired) electrons. The first kappa shape index (κ1) is 14.8. The second-order valence-electron chi connectivity index (χ2n) is 5.53. The lowest BCUT2D eigenvalue weighted by Crippen LogP contribution is -2.42. The molecule has 1 fully saturated rings. The Labute approximate surface area is 119 Å². The number of hydrogen-bond donors (Lipinski definition) is 0. The molecule has 0 aromatic carbocycles. The predicted molar refractivity (Wildman–Crippen MR) is 76.7 cm³/mol. The molecule has 5 heteroatoms. The molecule has 2 rings (SSSR count). The van der Waals surface area contributed by atoms with E-state index in [1.165, 1.54) is 0 Å². The van der Waals surface area contributed by atoms with Crippen LogP contribution in [0.3, 0.4) is 0 Å². The number of hydrogen-bond acceptors (Lipinski definition) is 3. The van der Waals surface area contributed by atoms with Crippen LogP contribution in [0.2, 0.25) is 0 Å². The molecule has 0 aliphatic heterocycles. The SMILES string of the molecule is CCN(C(=O)C(=O)c1c(C)nn(C)c1C)C1CCCC1. The van der Waals surface area contributed by atoms with Gasteiger partial charge in [-0.3, -0.25) is 14.3 Å². The second-order valence-corrected chi connectivity index (χ2v) is 5.53. The minimum absolute atomic E-state index is 0.230. The molecule has 110 valence electrons. The van der Waals surface area contributed by atoms with Crippen LogP contribution in [0, 0.1) is 13.8 Å². The Morgan fingerprint density at radius 2 is 1.90 bits per heavy atom. The van der Waals surface area contributed by atoms with Gasteiger partial charge in [0.2, 0.25) is 0 Å². The van der Waals surface area contributed by atoms with Crippen LogP contribution in [0.5, 0.6) is 0 Å². The van der Waals surface area contributed by atoms with Crippen LogP contribution in [0.1, 0.15) is 54.4 Å². The summed E-state index contributed by atoms with van der Waals surface area (Å²) in [6.07, 6.45) is 4.32. The smallest absolute Gasteiger partial charge is 0.295 e. The number of amides is 1. The van der Waals surface area contributed by atoms with Crippen LogP contribution >= 0.6 is 0 Å². The van der Waals surface area contributed by atoms with E-state index in [0.717, 1.165) is 31.4 Å². The number of aryl methyl sites for hydroxylation is 2. The van der Waals surface area contributed by atoms with Crippen molar-refractivity contribution in [1.29, 1.82) is 0 Å². The third-order valence-corrected chi connectivity index (χ3v) is 4.30. The van der Waals surface area contributed by atoms with Crippen LogP contribution in [-0.2, 0) is 11.8 Å². The molecule has 1 heterocycles. The summed E-state index contributed by atoms with van der Waals surface area (Å²) >= 11 is 0. The zero-order valence-electron chi connectivity index (χ0n) is 12.8. The van der Waals surface area contributed by atoms with Crippen molar-refractivity contribution in [3.63, 3.8) is 0 Å². The van der Waals surface area contributed by atoms with Crippen molar-refractivity contribution < 1.29 is 9.59 Å². The van der Waals surface area contributed by atoms with E-state index >= 15 is 0 Å². The summed E-state index contributed by atoms with van der Waals surface area (Å²) in [5, 5.41) is 4.22. The van der Waals surface area contributed by atoms with Crippen LogP contribution in [0.15, 0.2) is 0 Å². The zero-order valence-corrected chi connectivity index (χ0v) is 12.8. The molecule has 5 nitrogen and oxygen atoms in total.